The van der Waals surface area contributed by atoms with Crippen LogP contribution in [-0.4, -0.2) is 44.6 Å². The van der Waals surface area contributed by atoms with Crippen molar-refractivity contribution in [1.29, 1.82) is 0 Å². The van der Waals surface area contributed by atoms with E-state index in [4.69, 9.17) is 16.3 Å². The van der Waals surface area contributed by atoms with E-state index in [2.05, 4.69) is 5.32 Å². The number of nitrogens with zero attached hydrogens (tertiary/aromatic N) is 1. The fraction of sp³-hybridized carbons (Fsp3) is 0.133. The van der Waals surface area contributed by atoms with Crippen molar-refractivity contribution < 1.29 is 22.7 Å². The zero-order chi connectivity index (χ0) is 27.8. The number of carbonyl (C=O) groups is 2. The Labute approximate surface area is 233 Å². The standard InChI is InChI=1S/C30H27ClN2O5S/c1-38-25-13-15-26(16-14-25)39(36,37)33(19-18-22-8-4-2-5-9-22)21-29(34)32-28-17-12-24(31)20-27(28)30(35)23-10-6-3-7-11-23/h2-17,20H,18-19,21H2,1H3,(H,32,34). The molecule has 0 aliphatic heterocycles. The van der Waals surface area contributed by atoms with Gasteiger partial charge in [0, 0.05) is 22.7 Å². The van der Waals surface area contributed by atoms with Gasteiger partial charge in [0.05, 0.1) is 24.2 Å². The molecular weight excluding hydrogens is 536 g/mol. The molecule has 7 nitrogen and oxygen atoms in total. The second-order valence-corrected chi connectivity index (χ2v) is 11.1. The summed E-state index contributed by atoms with van der Waals surface area (Å²) in [6, 6.07) is 28.6. The molecule has 0 aliphatic carbocycles. The molecule has 200 valence electrons. The molecule has 0 fully saturated rings. The number of carbonyl (C=O) groups excluding carboxylic acids is 2. The van der Waals surface area contributed by atoms with Crippen molar-refractivity contribution in [2.45, 2.75) is 11.3 Å². The third-order valence-corrected chi connectivity index (χ3v) is 8.14. The van der Waals surface area contributed by atoms with Gasteiger partial charge in [0.1, 0.15) is 5.75 Å². The van der Waals surface area contributed by atoms with Gasteiger partial charge in [0.2, 0.25) is 15.9 Å². The van der Waals surface area contributed by atoms with E-state index in [0.29, 0.717) is 22.8 Å². The number of rotatable bonds is 11. The van der Waals surface area contributed by atoms with E-state index in [1.165, 1.54) is 31.4 Å². The summed E-state index contributed by atoms with van der Waals surface area (Å²) in [6.07, 6.45) is 0.405. The van der Waals surface area contributed by atoms with Crippen LogP contribution in [0.25, 0.3) is 0 Å². The molecule has 0 aromatic heterocycles. The van der Waals surface area contributed by atoms with Crippen molar-refractivity contribution in [3.05, 3.63) is 125 Å². The summed E-state index contributed by atoms with van der Waals surface area (Å²) >= 11 is 6.16. The summed E-state index contributed by atoms with van der Waals surface area (Å²) < 4.78 is 33.4. The maximum absolute atomic E-state index is 13.6. The van der Waals surface area contributed by atoms with Crippen LogP contribution >= 0.6 is 11.6 Å². The minimum atomic E-state index is -4.03. The van der Waals surface area contributed by atoms with Crippen LogP contribution in [0.1, 0.15) is 21.5 Å². The Kier molecular flexibility index (Phi) is 9.14. The summed E-state index contributed by atoms with van der Waals surface area (Å²) in [6.45, 7) is -0.384. The van der Waals surface area contributed by atoms with Crippen LogP contribution in [0.3, 0.4) is 0 Å². The molecule has 0 unspecified atom stereocenters. The van der Waals surface area contributed by atoms with E-state index < -0.39 is 22.5 Å². The SMILES string of the molecule is COc1ccc(S(=O)(=O)N(CCc2ccccc2)CC(=O)Nc2ccc(Cl)cc2C(=O)c2ccccc2)cc1. The average molecular weight is 563 g/mol. The molecule has 0 spiro atoms. The van der Waals surface area contributed by atoms with Gasteiger partial charge in [-0.2, -0.15) is 4.31 Å². The Morgan fingerprint density at radius 3 is 2.15 bits per heavy atom. The van der Waals surface area contributed by atoms with Gasteiger partial charge >= 0.3 is 0 Å². The van der Waals surface area contributed by atoms with E-state index in [1.54, 1.807) is 48.5 Å². The van der Waals surface area contributed by atoms with Crippen molar-refractivity contribution in [2.75, 3.05) is 25.5 Å². The smallest absolute Gasteiger partial charge is 0.243 e. The van der Waals surface area contributed by atoms with E-state index >= 15 is 0 Å². The summed E-state index contributed by atoms with van der Waals surface area (Å²) in [5.74, 6) is -0.398. The highest BCUT2D eigenvalue weighted by Crippen LogP contribution is 2.25. The Balaban J connectivity index is 1.59. The van der Waals surface area contributed by atoms with Gasteiger partial charge in [-0.15, -0.1) is 0 Å². The maximum atomic E-state index is 13.6. The Morgan fingerprint density at radius 1 is 0.872 bits per heavy atom. The number of hydrogen-bond donors (Lipinski definition) is 1. The predicted molar refractivity (Wildman–Crippen MR) is 152 cm³/mol. The number of ether oxygens (including phenoxy) is 1. The van der Waals surface area contributed by atoms with Crippen molar-refractivity contribution in [3.63, 3.8) is 0 Å². The zero-order valence-corrected chi connectivity index (χ0v) is 22.8. The number of benzene rings is 4. The Morgan fingerprint density at radius 2 is 1.51 bits per heavy atom. The van der Waals surface area contributed by atoms with Crippen LogP contribution in [0.15, 0.2) is 108 Å². The van der Waals surface area contributed by atoms with E-state index in [0.717, 1.165) is 9.87 Å². The lowest BCUT2D eigenvalue weighted by atomic mass is 10.0. The van der Waals surface area contributed by atoms with Gasteiger partial charge in [-0.1, -0.05) is 72.3 Å². The van der Waals surface area contributed by atoms with E-state index in [1.807, 2.05) is 30.3 Å². The van der Waals surface area contributed by atoms with Gasteiger partial charge < -0.3 is 10.1 Å². The summed E-state index contributed by atoms with van der Waals surface area (Å²) in [4.78, 5) is 26.4. The minimum absolute atomic E-state index is 0.0376. The van der Waals surface area contributed by atoms with Crippen LogP contribution in [-0.2, 0) is 21.2 Å². The number of methoxy groups -OCH3 is 1. The number of hydrogen-bond acceptors (Lipinski definition) is 5. The average Bonchev–Trinajstić information content (AvgIpc) is 2.96. The third-order valence-electron chi connectivity index (χ3n) is 6.05. The van der Waals surface area contributed by atoms with Gasteiger partial charge in [-0.25, -0.2) is 8.42 Å². The molecule has 0 saturated carbocycles. The van der Waals surface area contributed by atoms with Crippen molar-refractivity contribution in [2.24, 2.45) is 0 Å². The molecule has 1 amide bonds. The topological polar surface area (TPSA) is 92.8 Å². The van der Waals surface area contributed by atoms with Crippen LogP contribution in [0, 0.1) is 0 Å². The fourth-order valence-electron chi connectivity index (χ4n) is 3.99. The number of nitrogens with one attached hydrogen (secondary N) is 1. The highest BCUT2D eigenvalue weighted by Gasteiger charge is 2.27. The maximum Gasteiger partial charge on any atom is 0.243 e. The molecule has 0 radical (unpaired) electrons. The van der Waals surface area contributed by atoms with Gasteiger partial charge in [-0.05, 0) is 54.4 Å². The number of amides is 1. The lowest BCUT2D eigenvalue weighted by Crippen LogP contribution is -2.39. The van der Waals surface area contributed by atoms with Crippen LogP contribution in [0.2, 0.25) is 5.02 Å². The third kappa shape index (κ3) is 7.11. The van der Waals surface area contributed by atoms with Gasteiger partial charge in [0.25, 0.3) is 0 Å². The van der Waals surface area contributed by atoms with Gasteiger partial charge in [-0.3, -0.25) is 9.59 Å². The molecule has 4 aromatic rings. The molecule has 4 aromatic carbocycles. The van der Waals surface area contributed by atoms with Crippen LogP contribution in [0.4, 0.5) is 5.69 Å². The highest BCUT2D eigenvalue weighted by molar-refractivity contribution is 7.89. The molecule has 39 heavy (non-hydrogen) atoms. The quantitative estimate of drug-likeness (QED) is 0.245. The fourth-order valence-corrected chi connectivity index (χ4v) is 5.56. The first kappa shape index (κ1) is 28.0. The van der Waals surface area contributed by atoms with Crippen molar-refractivity contribution in [1.82, 2.24) is 4.31 Å². The molecule has 0 atom stereocenters. The summed E-state index contributed by atoms with van der Waals surface area (Å²) in [5, 5.41) is 3.05. The second kappa shape index (κ2) is 12.7. The highest BCUT2D eigenvalue weighted by atomic mass is 35.5. The molecule has 0 saturated heterocycles. The lowest BCUT2D eigenvalue weighted by Gasteiger charge is -2.22. The summed E-state index contributed by atoms with van der Waals surface area (Å²) in [5.41, 5.74) is 1.81. The lowest BCUT2D eigenvalue weighted by molar-refractivity contribution is -0.116. The molecule has 0 aliphatic rings. The van der Waals surface area contributed by atoms with Gasteiger partial charge in [0.15, 0.2) is 5.78 Å². The monoisotopic (exact) mass is 562 g/mol. The van der Waals surface area contributed by atoms with E-state index in [-0.39, 0.29) is 28.5 Å². The van der Waals surface area contributed by atoms with E-state index in [9.17, 15) is 18.0 Å². The second-order valence-electron chi connectivity index (χ2n) is 8.68. The zero-order valence-electron chi connectivity index (χ0n) is 21.2. The number of halogens is 1. The number of sulfonamides is 1. The Bertz CT molecular complexity index is 1540. The number of anilines is 1. The van der Waals surface area contributed by atoms with Crippen molar-refractivity contribution in [3.8, 4) is 5.75 Å². The molecule has 4 rings (SSSR count). The largest absolute Gasteiger partial charge is 0.497 e. The van der Waals surface area contributed by atoms with Crippen molar-refractivity contribution >= 4 is 39.0 Å². The normalized spacial score (nSPS) is 11.3. The van der Waals surface area contributed by atoms with Crippen LogP contribution in [0.5, 0.6) is 5.75 Å². The number of ketones is 1. The predicted octanol–water partition coefficient (Wildman–Crippen LogP) is 5.45. The molecule has 9 heteroatoms. The minimum Gasteiger partial charge on any atom is -0.497 e. The first-order valence-electron chi connectivity index (χ1n) is 12.1. The first-order chi connectivity index (χ1) is 18.8. The molecule has 1 N–H and O–H groups in total. The van der Waals surface area contributed by atoms with Crippen LogP contribution < -0.4 is 10.1 Å². The Hall–Kier alpha value is -3.98. The first-order valence-corrected chi connectivity index (χ1v) is 14.0. The molecular formula is C30H27ClN2O5S. The molecule has 0 heterocycles. The summed E-state index contributed by atoms with van der Waals surface area (Å²) in [7, 11) is -2.54. The molecule has 0 bridgehead atoms.